The third-order valence-electron chi connectivity index (χ3n) is 2.84. The van der Waals surface area contributed by atoms with Crippen molar-refractivity contribution < 1.29 is 0 Å². The van der Waals surface area contributed by atoms with Crippen LogP contribution in [-0.2, 0) is 12.3 Å². The third kappa shape index (κ3) is 2.49. The van der Waals surface area contributed by atoms with Gasteiger partial charge in [-0.15, -0.1) is 11.8 Å². The van der Waals surface area contributed by atoms with Gasteiger partial charge in [-0.05, 0) is 5.56 Å². The summed E-state index contributed by atoms with van der Waals surface area (Å²) in [4.78, 5) is 8.51. The van der Waals surface area contributed by atoms with Gasteiger partial charge >= 0.3 is 0 Å². The van der Waals surface area contributed by atoms with Crippen LogP contribution in [0.4, 0.5) is 0 Å². The molecule has 0 atom stereocenters. The zero-order valence-corrected chi connectivity index (χ0v) is 11.4. The van der Waals surface area contributed by atoms with Crippen molar-refractivity contribution in [2.45, 2.75) is 17.3 Å². The van der Waals surface area contributed by atoms with Crippen LogP contribution in [0.2, 0.25) is 0 Å². The van der Waals surface area contributed by atoms with Crippen LogP contribution in [0.15, 0.2) is 47.9 Å². The van der Waals surface area contributed by atoms with E-state index in [4.69, 9.17) is 5.26 Å². The molecule has 0 aliphatic carbocycles. The lowest BCUT2D eigenvalue weighted by Gasteiger charge is -2.02. The summed E-state index contributed by atoms with van der Waals surface area (Å²) in [7, 11) is 0. The molecule has 6 heteroatoms. The fourth-order valence-corrected chi connectivity index (χ4v) is 2.81. The monoisotopic (exact) mass is 281 g/mol. The number of aromatic nitrogens is 4. The van der Waals surface area contributed by atoms with Crippen LogP contribution in [0, 0.1) is 11.3 Å². The van der Waals surface area contributed by atoms with E-state index in [9.17, 15) is 0 Å². The molecular formula is C14H11N5S. The van der Waals surface area contributed by atoms with Crippen molar-refractivity contribution in [1.29, 1.82) is 5.26 Å². The smallest absolute Gasteiger partial charge is 0.163 e. The van der Waals surface area contributed by atoms with Gasteiger partial charge in [0.05, 0.1) is 17.7 Å². The Bertz CT molecular complexity index is 760. The molecule has 0 aliphatic heterocycles. The molecule has 5 nitrogen and oxygen atoms in total. The van der Waals surface area contributed by atoms with Gasteiger partial charge in [0.2, 0.25) is 0 Å². The van der Waals surface area contributed by atoms with Gasteiger partial charge in [0.25, 0.3) is 0 Å². The van der Waals surface area contributed by atoms with Gasteiger partial charge in [-0.3, -0.25) is 0 Å². The summed E-state index contributed by atoms with van der Waals surface area (Å²) >= 11 is 1.65. The van der Waals surface area contributed by atoms with E-state index in [0.29, 0.717) is 5.65 Å². The zero-order chi connectivity index (χ0) is 13.8. The van der Waals surface area contributed by atoms with Crippen LogP contribution in [0.3, 0.4) is 0 Å². The summed E-state index contributed by atoms with van der Waals surface area (Å²) in [6, 6.07) is 12.3. The largest absolute Gasteiger partial charge is 0.233 e. The Morgan fingerprint density at radius 2 is 2.05 bits per heavy atom. The molecule has 1 aromatic carbocycles. The summed E-state index contributed by atoms with van der Waals surface area (Å²) in [5.41, 5.74) is 1.95. The Kier molecular flexibility index (Phi) is 3.61. The Balaban J connectivity index is 1.87. The lowest BCUT2D eigenvalue weighted by Crippen LogP contribution is -1.99. The quantitative estimate of drug-likeness (QED) is 0.543. The fourth-order valence-electron chi connectivity index (χ4n) is 1.90. The van der Waals surface area contributed by atoms with Crippen LogP contribution in [0.25, 0.3) is 11.0 Å². The van der Waals surface area contributed by atoms with Gasteiger partial charge in [-0.1, -0.05) is 30.3 Å². The molecule has 20 heavy (non-hydrogen) atoms. The first kappa shape index (κ1) is 12.6. The fraction of sp³-hybridized carbons (Fsp3) is 0.143. The third-order valence-corrected chi connectivity index (χ3v) is 3.91. The second-order valence-electron chi connectivity index (χ2n) is 4.15. The topological polar surface area (TPSA) is 67.4 Å². The Labute approximate surface area is 120 Å². The van der Waals surface area contributed by atoms with E-state index in [-0.39, 0.29) is 6.54 Å². The summed E-state index contributed by atoms with van der Waals surface area (Å²) in [6.45, 7) is 0.198. The number of fused-ring (bicyclic) bond motifs is 1. The molecule has 0 fully saturated rings. The summed E-state index contributed by atoms with van der Waals surface area (Å²) < 4.78 is 1.59. The molecule has 2 heterocycles. The molecular weight excluding hydrogens is 270 g/mol. The highest BCUT2D eigenvalue weighted by atomic mass is 32.2. The second kappa shape index (κ2) is 5.72. The number of hydrogen-bond acceptors (Lipinski definition) is 5. The average molecular weight is 281 g/mol. The van der Waals surface area contributed by atoms with E-state index < -0.39 is 0 Å². The number of thioether (sulfide) groups is 1. The Morgan fingerprint density at radius 3 is 2.85 bits per heavy atom. The van der Waals surface area contributed by atoms with Crippen molar-refractivity contribution >= 4 is 22.8 Å². The van der Waals surface area contributed by atoms with E-state index in [0.717, 1.165) is 16.2 Å². The molecule has 0 saturated heterocycles. The van der Waals surface area contributed by atoms with Crippen LogP contribution in [0.1, 0.15) is 5.56 Å². The van der Waals surface area contributed by atoms with E-state index in [1.165, 1.54) is 11.9 Å². The molecule has 0 N–H and O–H groups in total. The van der Waals surface area contributed by atoms with Crippen molar-refractivity contribution in [3.63, 3.8) is 0 Å². The van der Waals surface area contributed by atoms with E-state index in [2.05, 4.69) is 33.3 Å². The van der Waals surface area contributed by atoms with Crippen molar-refractivity contribution in [1.82, 2.24) is 19.7 Å². The molecule has 0 saturated carbocycles. The first-order valence-corrected chi connectivity index (χ1v) is 7.07. The lowest BCUT2D eigenvalue weighted by atomic mass is 10.2. The molecule has 98 valence electrons. The maximum absolute atomic E-state index is 8.76. The van der Waals surface area contributed by atoms with Gasteiger partial charge < -0.3 is 0 Å². The van der Waals surface area contributed by atoms with E-state index in [1.54, 1.807) is 22.6 Å². The van der Waals surface area contributed by atoms with Gasteiger partial charge in [0, 0.05) is 5.75 Å². The Hall–Kier alpha value is -2.39. The Morgan fingerprint density at radius 1 is 1.20 bits per heavy atom. The highest BCUT2D eigenvalue weighted by Gasteiger charge is 2.09. The molecule has 0 bridgehead atoms. The van der Waals surface area contributed by atoms with Crippen molar-refractivity contribution in [2.24, 2.45) is 0 Å². The van der Waals surface area contributed by atoms with Crippen molar-refractivity contribution in [3.05, 3.63) is 48.4 Å². The van der Waals surface area contributed by atoms with Gasteiger partial charge in [0.1, 0.15) is 17.9 Å². The van der Waals surface area contributed by atoms with E-state index in [1.807, 2.05) is 18.2 Å². The maximum atomic E-state index is 8.76. The molecule has 0 unspecified atom stereocenters. The normalized spacial score (nSPS) is 10.6. The highest BCUT2D eigenvalue weighted by Crippen LogP contribution is 2.26. The van der Waals surface area contributed by atoms with Gasteiger partial charge in [-0.25, -0.2) is 14.6 Å². The van der Waals surface area contributed by atoms with Crippen LogP contribution >= 0.6 is 11.8 Å². The van der Waals surface area contributed by atoms with Crippen LogP contribution < -0.4 is 0 Å². The lowest BCUT2D eigenvalue weighted by molar-refractivity contribution is 0.726. The summed E-state index contributed by atoms with van der Waals surface area (Å²) in [5.74, 6) is 0.844. The van der Waals surface area contributed by atoms with Crippen molar-refractivity contribution in [3.8, 4) is 6.07 Å². The predicted molar refractivity (Wildman–Crippen MR) is 76.9 cm³/mol. The molecule has 0 radical (unpaired) electrons. The SMILES string of the molecule is N#CCn1ncc2c(SCc3ccccc3)ncnc21. The first-order valence-electron chi connectivity index (χ1n) is 6.08. The molecule has 3 aromatic rings. The van der Waals surface area contributed by atoms with Crippen molar-refractivity contribution in [2.75, 3.05) is 0 Å². The number of nitrogens with zero attached hydrogens (tertiary/aromatic N) is 5. The minimum Gasteiger partial charge on any atom is -0.233 e. The number of benzene rings is 1. The minimum absolute atomic E-state index is 0.198. The van der Waals surface area contributed by atoms with Gasteiger partial charge in [0.15, 0.2) is 5.65 Å². The molecule has 2 aromatic heterocycles. The van der Waals surface area contributed by atoms with E-state index >= 15 is 0 Å². The molecule has 0 amide bonds. The standard InChI is InChI=1S/C14H11N5S/c15-6-7-19-13-12(8-18-19)14(17-10-16-13)20-9-11-4-2-1-3-5-11/h1-5,8,10H,7,9H2. The highest BCUT2D eigenvalue weighted by molar-refractivity contribution is 7.98. The number of hydrogen-bond donors (Lipinski definition) is 0. The van der Waals surface area contributed by atoms with Gasteiger partial charge in [-0.2, -0.15) is 10.4 Å². The predicted octanol–water partition coefficient (Wildman–Crippen LogP) is 2.64. The summed E-state index contributed by atoms with van der Waals surface area (Å²) in [5, 5.41) is 14.7. The summed E-state index contributed by atoms with van der Waals surface area (Å²) in [6.07, 6.45) is 3.24. The maximum Gasteiger partial charge on any atom is 0.163 e. The zero-order valence-electron chi connectivity index (χ0n) is 10.6. The first-order chi connectivity index (χ1) is 9.88. The van der Waals surface area contributed by atoms with Crippen LogP contribution in [-0.4, -0.2) is 19.7 Å². The second-order valence-corrected chi connectivity index (χ2v) is 5.11. The minimum atomic E-state index is 0.198. The molecule has 0 spiro atoms. The molecule has 0 aliphatic rings. The number of nitriles is 1. The number of rotatable bonds is 4. The average Bonchev–Trinajstić information content (AvgIpc) is 2.91. The molecule has 3 rings (SSSR count). The van der Waals surface area contributed by atoms with Crippen LogP contribution in [0.5, 0.6) is 0 Å².